The third-order valence-electron chi connectivity index (χ3n) is 4.52. The molecule has 0 amide bonds. The van der Waals surface area contributed by atoms with Crippen molar-refractivity contribution in [1.29, 1.82) is 0 Å². The highest BCUT2D eigenvalue weighted by Gasteiger charge is 2.58. The maximum atomic E-state index is 5.60. The molecule has 0 aromatic carbocycles. The minimum atomic E-state index is -2.37. The summed E-state index contributed by atoms with van der Waals surface area (Å²) < 4.78 is 16.8. The van der Waals surface area contributed by atoms with Crippen molar-refractivity contribution in [3.05, 3.63) is 0 Å². The largest absolute Gasteiger partial charge is 0.503 e. The van der Waals surface area contributed by atoms with Crippen molar-refractivity contribution in [1.82, 2.24) is 0 Å². The van der Waals surface area contributed by atoms with Crippen molar-refractivity contribution in [3.8, 4) is 0 Å². The van der Waals surface area contributed by atoms with E-state index >= 15 is 0 Å². The van der Waals surface area contributed by atoms with E-state index in [0.717, 1.165) is 17.8 Å². The zero-order valence-electron chi connectivity index (χ0n) is 10.2. The third-order valence-corrected chi connectivity index (χ3v) is 7.84. The first-order valence-electron chi connectivity index (χ1n) is 5.82. The summed E-state index contributed by atoms with van der Waals surface area (Å²) >= 11 is 0. The van der Waals surface area contributed by atoms with Gasteiger partial charge >= 0.3 is 8.80 Å². The lowest BCUT2D eigenvalue weighted by atomic mass is 9.90. The molecule has 2 aliphatic rings. The van der Waals surface area contributed by atoms with E-state index < -0.39 is 8.80 Å². The van der Waals surface area contributed by atoms with E-state index in [-0.39, 0.29) is 0 Å². The molecule has 2 fully saturated rings. The molecule has 2 bridgehead atoms. The van der Waals surface area contributed by atoms with Crippen LogP contribution in [0.1, 0.15) is 26.2 Å². The Kier molecular flexibility index (Phi) is 3.21. The van der Waals surface area contributed by atoms with Crippen LogP contribution >= 0.6 is 0 Å². The predicted octanol–water partition coefficient (Wildman–Crippen LogP) is 2.30. The van der Waals surface area contributed by atoms with E-state index in [1.165, 1.54) is 19.3 Å². The second-order valence-corrected chi connectivity index (χ2v) is 8.20. The quantitative estimate of drug-likeness (QED) is 0.694. The molecule has 3 nitrogen and oxygen atoms in total. The van der Waals surface area contributed by atoms with E-state index in [2.05, 4.69) is 6.92 Å². The molecule has 15 heavy (non-hydrogen) atoms. The summed E-state index contributed by atoms with van der Waals surface area (Å²) in [7, 11) is 2.82. The standard InChI is InChI=1S/C11H22O3Si/c1-8-5-10-6-9(8)7-11(10)15(12-2,13-3)14-4/h8-11H,5-7H2,1-4H3/t8-,9-,10+,11+/m1/s1. The summed E-state index contributed by atoms with van der Waals surface area (Å²) in [5, 5.41) is 0. The number of fused-ring (bicyclic) bond motifs is 2. The number of rotatable bonds is 4. The highest BCUT2D eigenvalue weighted by molar-refractivity contribution is 6.62. The van der Waals surface area contributed by atoms with Crippen molar-refractivity contribution in [2.45, 2.75) is 31.7 Å². The minimum Gasteiger partial charge on any atom is -0.377 e. The van der Waals surface area contributed by atoms with Crippen LogP contribution in [-0.4, -0.2) is 30.1 Å². The summed E-state index contributed by atoms with van der Waals surface area (Å²) in [6.07, 6.45) is 3.93. The molecule has 88 valence electrons. The maximum absolute atomic E-state index is 5.60. The highest BCUT2D eigenvalue weighted by Crippen LogP contribution is 2.57. The molecule has 0 heterocycles. The lowest BCUT2D eigenvalue weighted by Crippen LogP contribution is -2.49. The van der Waals surface area contributed by atoms with Crippen LogP contribution in [0.4, 0.5) is 0 Å². The van der Waals surface area contributed by atoms with Crippen LogP contribution < -0.4 is 0 Å². The zero-order chi connectivity index (χ0) is 11.1. The second-order valence-electron chi connectivity index (χ2n) is 5.03. The predicted molar refractivity (Wildman–Crippen MR) is 60.5 cm³/mol. The molecule has 0 saturated heterocycles. The Morgan fingerprint density at radius 3 is 1.80 bits per heavy atom. The lowest BCUT2D eigenvalue weighted by molar-refractivity contribution is 0.0987. The van der Waals surface area contributed by atoms with E-state index in [0.29, 0.717) is 5.54 Å². The summed E-state index contributed by atoms with van der Waals surface area (Å²) in [5.41, 5.74) is 0.540. The zero-order valence-corrected chi connectivity index (χ0v) is 11.2. The normalized spacial score (nSPS) is 40.0. The van der Waals surface area contributed by atoms with Gasteiger partial charge in [0, 0.05) is 26.9 Å². The van der Waals surface area contributed by atoms with Gasteiger partial charge in [0.2, 0.25) is 0 Å². The molecule has 2 aliphatic carbocycles. The van der Waals surface area contributed by atoms with Gasteiger partial charge in [0.1, 0.15) is 0 Å². The minimum absolute atomic E-state index is 0.540. The van der Waals surface area contributed by atoms with Gasteiger partial charge in [-0.2, -0.15) is 0 Å². The Morgan fingerprint density at radius 1 is 0.867 bits per heavy atom. The Bertz CT molecular complexity index is 220. The maximum Gasteiger partial charge on any atom is 0.503 e. The van der Waals surface area contributed by atoms with Gasteiger partial charge in [-0.1, -0.05) is 6.92 Å². The number of hydrogen-bond donors (Lipinski definition) is 0. The van der Waals surface area contributed by atoms with Gasteiger partial charge in [-0.05, 0) is 37.0 Å². The number of hydrogen-bond acceptors (Lipinski definition) is 3. The van der Waals surface area contributed by atoms with Gasteiger partial charge in [-0.15, -0.1) is 0 Å². The third kappa shape index (κ3) is 1.67. The van der Waals surface area contributed by atoms with Gasteiger partial charge < -0.3 is 13.3 Å². The monoisotopic (exact) mass is 230 g/mol. The topological polar surface area (TPSA) is 27.7 Å². The molecule has 4 heteroatoms. The summed E-state index contributed by atoms with van der Waals surface area (Å²) in [6, 6.07) is 0. The van der Waals surface area contributed by atoms with Crippen molar-refractivity contribution in [3.63, 3.8) is 0 Å². The molecule has 2 saturated carbocycles. The van der Waals surface area contributed by atoms with Crippen molar-refractivity contribution >= 4 is 8.80 Å². The van der Waals surface area contributed by atoms with Crippen LogP contribution in [0, 0.1) is 17.8 Å². The Labute approximate surface area is 93.5 Å². The summed E-state index contributed by atoms with van der Waals surface area (Å²) in [6.45, 7) is 2.37. The van der Waals surface area contributed by atoms with E-state index in [4.69, 9.17) is 13.3 Å². The van der Waals surface area contributed by atoms with Gasteiger partial charge in [-0.3, -0.25) is 0 Å². The molecule has 0 aromatic heterocycles. The Hall–Kier alpha value is 0.0969. The first kappa shape index (κ1) is 11.6. The van der Waals surface area contributed by atoms with E-state index in [1.54, 1.807) is 21.3 Å². The van der Waals surface area contributed by atoms with Gasteiger partial charge in [0.15, 0.2) is 0 Å². The van der Waals surface area contributed by atoms with Crippen LogP contribution in [0.2, 0.25) is 5.54 Å². The van der Waals surface area contributed by atoms with Gasteiger partial charge in [-0.25, -0.2) is 0 Å². The molecule has 2 rings (SSSR count). The van der Waals surface area contributed by atoms with E-state index in [1.807, 2.05) is 0 Å². The smallest absolute Gasteiger partial charge is 0.377 e. The van der Waals surface area contributed by atoms with Crippen LogP contribution in [0.3, 0.4) is 0 Å². The molecule has 0 aliphatic heterocycles. The average molecular weight is 230 g/mol. The molecule has 0 N–H and O–H groups in total. The first-order valence-corrected chi connectivity index (χ1v) is 7.62. The SMILES string of the molecule is CO[Si](OC)(OC)[C@H]1C[C@H]2C[C@@H]1C[C@H]2C. The lowest BCUT2D eigenvalue weighted by Gasteiger charge is -2.36. The molecule has 0 spiro atoms. The highest BCUT2D eigenvalue weighted by atomic mass is 28.4. The first-order chi connectivity index (χ1) is 7.16. The molecule has 0 radical (unpaired) electrons. The average Bonchev–Trinajstić information content (AvgIpc) is 2.81. The van der Waals surface area contributed by atoms with Crippen LogP contribution in [0.15, 0.2) is 0 Å². The van der Waals surface area contributed by atoms with Crippen LogP contribution in [-0.2, 0) is 13.3 Å². The Morgan fingerprint density at radius 2 is 1.47 bits per heavy atom. The molecular formula is C11H22O3Si. The fraction of sp³-hybridized carbons (Fsp3) is 1.00. The molecule has 0 aromatic rings. The fourth-order valence-electron chi connectivity index (χ4n) is 3.70. The molecule has 4 atom stereocenters. The van der Waals surface area contributed by atoms with Crippen LogP contribution in [0.5, 0.6) is 0 Å². The second kappa shape index (κ2) is 4.16. The molecule has 0 unspecified atom stereocenters. The summed E-state index contributed by atoms with van der Waals surface area (Å²) in [5.74, 6) is 2.55. The Balaban J connectivity index is 2.12. The van der Waals surface area contributed by atoms with Crippen molar-refractivity contribution in [2.75, 3.05) is 21.3 Å². The van der Waals surface area contributed by atoms with Gasteiger partial charge in [0.25, 0.3) is 0 Å². The van der Waals surface area contributed by atoms with Gasteiger partial charge in [0.05, 0.1) is 0 Å². The summed E-state index contributed by atoms with van der Waals surface area (Å²) in [4.78, 5) is 0. The fourth-order valence-corrected chi connectivity index (χ4v) is 6.55. The van der Waals surface area contributed by atoms with Crippen molar-refractivity contribution in [2.24, 2.45) is 17.8 Å². The molecular weight excluding hydrogens is 208 g/mol. The van der Waals surface area contributed by atoms with Crippen LogP contribution in [0.25, 0.3) is 0 Å². The van der Waals surface area contributed by atoms with E-state index in [9.17, 15) is 0 Å². The van der Waals surface area contributed by atoms with Crippen molar-refractivity contribution < 1.29 is 13.3 Å².